The molecule has 8 aromatic carbocycles. The smallest absolute Gasteiger partial charge is 0.148 e. The van der Waals surface area contributed by atoms with Gasteiger partial charge in [-0.3, -0.25) is 9.55 Å². The van der Waals surface area contributed by atoms with E-state index in [0.29, 0.717) is 11.4 Å². The van der Waals surface area contributed by atoms with Crippen LogP contribution in [0.15, 0.2) is 193 Å². The number of aromatic nitrogens is 3. The van der Waals surface area contributed by atoms with E-state index in [1.54, 1.807) is 6.07 Å². The van der Waals surface area contributed by atoms with Crippen LogP contribution in [0.3, 0.4) is 0 Å². The van der Waals surface area contributed by atoms with Crippen molar-refractivity contribution in [2.24, 2.45) is 0 Å². The van der Waals surface area contributed by atoms with Gasteiger partial charge >= 0.3 is 0 Å². The van der Waals surface area contributed by atoms with E-state index in [4.69, 9.17) is 14.4 Å². The van der Waals surface area contributed by atoms with Crippen LogP contribution in [0, 0.1) is 6.07 Å². The largest absolute Gasteiger partial charge is 0.507 e. The fraction of sp³-hybridized carbons (Fsp3) is 0. The number of rotatable bonds is 6. The Kier molecular flexibility index (Phi) is 8.81. The number of para-hydroxylation sites is 3. The Bertz CT molecular complexity index is 3320. The zero-order chi connectivity index (χ0) is 37.9. The van der Waals surface area contributed by atoms with E-state index in [1.807, 2.05) is 54.7 Å². The summed E-state index contributed by atoms with van der Waals surface area (Å²) >= 11 is 0. The summed E-state index contributed by atoms with van der Waals surface area (Å²) in [5, 5.41) is 15.6. The maximum atomic E-state index is 11.3. The molecule has 11 rings (SSSR count). The number of hydrogen-bond acceptors (Lipinski definition) is 4. The maximum absolute atomic E-state index is 11.3. The van der Waals surface area contributed by atoms with Gasteiger partial charge in [-0.25, -0.2) is 4.98 Å². The van der Waals surface area contributed by atoms with Gasteiger partial charge in [0.1, 0.15) is 22.7 Å². The molecule has 278 valence electrons. The van der Waals surface area contributed by atoms with E-state index >= 15 is 0 Å². The van der Waals surface area contributed by atoms with Crippen LogP contribution in [0.4, 0.5) is 0 Å². The molecule has 0 fully saturated rings. The summed E-state index contributed by atoms with van der Waals surface area (Å²) in [6.07, 6.45) is 1.86. The Morgan fingerprint density at radius 2 is 1.19 bits per heavy atom. The van der Waals surface area contributed by atoms with Crippen LogP contribution in [0.1, 0.15) is 0 Å². The Hall–Kier alpha value is -7.07. The topological polar surface area (TPSA) is 64.1 Å². The third-order valence-electron chi connectivity index (χ3n) is 10.8. The minimum Gasteiger partial charge on any atom is -0.507 e. The zero-order valence-corrected chi connectivity index (χ0v) is 33.2. The minimum atomic E-state index is 0. The molecule has 11 aromatic rings. The molecule has 0 spiro atoms. The van der Waals surface area contributed by atoms with Crippen LogP contribution < -0.4 is 0 Å². The Labute approximate surface area is 348 Å². The average molecular weight is 926 g/mol. The molecule has 0 aliphatic heterocycles. The van der Waals surface area contributed by atoms with Gasteiger partial charge in [0.25, 0.3) is 0 Å². The molecule has 3 heterocycles. The van der Waals surface area contributed by atoms with Crippen LogP contribution in [0.5, 0.6) is 5.75 Å². The Morgan fingerprint density at radius 3 is 1.98 bits per heavy atom. The van der Waals surface area contributed by atoms with Gasteiger partial charge in [0.05, 0.1) is 22.3 Å². The summed E-state index contributed by atoms with van der Waals surface area (Å²) in [5.41, 5.74) is 12.3. The van der Waals surface area contributed by atoms with Gasteiger partial charge in [-0.15, -0.1) is 23.8 Å². The molecular weight excluding hydrogens is 894 g/mol. The van der Waals surface area contributed by atoms with E-state index in [-0.39, 0.29) is 26.8 Å². The summed E-state index contributed by atoms with van der Waals surface area (Å²) in [7, 11) is 0. The molecule has 1 N–H and O–H groups in total. The molecule has 0 atom stereocenters. The van der Waals surface area contributed by atoms with Crippen LogP contribution >= 0.6 is 0 Å². The number of fused-ring (bicyclic) bond motifs is 5. The maximum Gasteiger partial charge on any atom is 0.148 e. The van der Waals surface area contributed by atoms with Crippen molar-refractivity contribution in [1.82, 2.24) is 14.5 Å². The van der Waals surface area contributed by atoms with Gasteiger partial charge < -0.3 is 9.52 Å². The van der Waals surface area contributed by atoms with E-state index in [9.17, 15) is 5.11 Å². The summed E-state index contributed by atoms with van der Waals surface area (Å²) in [6, 6.07) is 65.5. The van der Waals surface area contributed by atoms with Crippen molar-refractivity contribution in [2.45, 2.75) is 0 Å². The van der Waals surface area contributed by atoms with Crippen molar-refractivity contribution in [3.63, 3.8) is 0 Å². The van der Waals surface area contributed by atoms with Crippen molar-refractivity contribution in [3.8, 4) is 67.5 Å². The molecule has 0 bridgehead atoms. The van der Waals surface area contributed by atoms with Gasteiger partial charge in [-0.05, 0) is 64.4 Å². The number of furan rings is 1. The number of imidazole rings is 1. The summed E-state index contributed by atoms with van der Waals surface area (Å²) in [5.74, 6) is 0.796. The van der Waals surface area contributed by atoms with Gasteiger partial charge in [0.15, 0.2) is 0 Å². The molecule has 3 aromatic heterocycles. The average Bonchev–Trinajstić information content (AvgIpc) is 3.84. The first kappa shape index (κ1) is 35.3. The molecule has 0 aliphatic rings. The molecule has 58 heavy (non-hydrogen) atoms. The summed E-state index contributed by atoms with van der Waals surface area (Å²) < 4.78 is 8.83. The van der Waals surface area contributed by atoms with Crippen molar-refractivity contribution in [1.29, 1.82) is 0 Å². The number of aromatic hydroxyl groups is 1. The molecule has 0 unspecified atom stereocenters. The standard InChI is InChI=1S/C52H32N3O2.Pt/c56-47-25-12-10-21-43(47)52-54-50-41(22-13-24-46(50)55(52)45-23-11-9-20-40(45)34-16-5-2-6-17-34)38-28-37(33-14-3-1-4-15-33)29-39(30-38)49-51-42(26-27-53-49)44-31-35-18-7-8-19-36(35)32-48(44)57-51;/h1-29,31-32,56H;/q-1;. The fourth-order valence-corrected chi connectivity index (χ4v) is 8.15. The molecule has 0 saturated carbocycles. The first-order valence-corrected chi connectivity index (χ1v) is 19.0. The predicted molar refractivity (Wildman–Crippen MR) is 231 cm³/mol. The monoisotopic (exact) mass is 925 g/mol. The van der Waals surface area contributed by atoms with Crippen LogP contribution in [0.25, 0.3) is 105 Å². The minimum absolute atomic E-state index is 0. The predicted octanol–water partition coefficient (Wildman–Crippen LogP) is 13.3. The van der Waals surface area contributed by atoms with E-state index in [1.165, 1.54) is 0 Å². The number of phenolic OH excluding ortho intramolecular Hbond substituents is 1. The molecule has 0 amide bonds. The van der Waals surface area contributed by atoms with Gasteiger partial charge in [-0.2, -0.15) is 0 Å². The van der Waals surface area contributed by atoms with Crippen molar-refractivity contribution >= 4 is 43.7 Å². The van der Waals surface area contributed by atoms with Gasteiger partial charge in [0.2, 0.25) is 0 Å². The molecular formula is C52H32N3O2Pt-. The first-order valence-electron chi connectivity index (χ1n) is 19.0. The molecule has 0 saturated heterocycles. The van der Waals surface area contributed by atoms with E-state index in [2.05, 4.69) is 138 Å². The zero-order valence-electron chi connectivity index (χ0n) is 30.9. The molecule has 0 aliphatic carbocycles. The number of nitrogens with zero attached hydrogens (tertiary/aromatic N) is 3. The first-order chi connectivity index (χ1) is 28.2. The van der Waals surface area contributed by atoms with Crippen LogP contribution in [-0.4, -0.2) is 19.6 Å². The van der Waals surface area contributed by atoms with E-state index < -0.39 is 0 Å². The van der Waals surface area contributed by atoms with E-state index in [0.717, 1.165) is 94.1 Å². The van der Waals surface area contributed by atoms with Crippen molar-refractivity contribution < 1.29 is 30.6 Å². The second-order valence-corrected chi connectivity index (χ2v) is 14.2. The number of benzene rings is 8. The molecule has 6 heteroatoms. The third kappa shape index (κ3) is 5.91. The summed E-state index contributed by atoms with van der Waals surface area (Å²) in [4.78, 5) is 10.3. The normalized spacial score (nSPS) is 11.4. The van der Waals surface area contributed by atoms with Crippen molar-refractivity contribution in [3.05, 3.63) is 194 Å². The van der Waals surface area contributed by atoms with Crippen LogP contribution in [-0.2, 0) is 21.1 Å². The fourth-order valence-electron chi connectivity index (χ4n) is 8.15. The molecule has 0 radical (unpaired) electrons. The van der Waals surface area contributed by atoms with Gasteiger partial charge in [0, 0.05) is 49.3 Å². The second-order valence-electron chi connectivity index (χ2n) is 14.2. The third-order valence-corrected chi connectivity index (χ3v) is 10.8. The van der Waals surface area contributed by atoms with Crippen molar-refractivity contribution in [2.75, 3.05) is 0 Å². The van der Waals surface area contributed by atoms with Crippen LogP contribution in [0.2, 0.25) is 0 Å². The second kappa shape index (κ2) is 14.5. The number of hydrogen-bond donors (Lipinski definition) is 1. The number of phenols is 1. The quantitative estimate of drug-likeness (QED) is 0.169. The van der Waals surface area contributed by atoms with Gasteiger partial charge in [-0.1, -0.05) is 144 Å². The number of pyridine rings is 1. The SMILES string of the molecule is Oc1ccccc1-c1nc2c(-c3[c-]c(-c4nccc5c4oc4cc6ccccc6cc45)cc(-c4ccccc4)c3)cccc2n1-c1ccccc1-c1ccccc1.[Pt]. The molecule has 5 nitrogen and oxygen atoms in total. The Balaban J connectivity index is 0.00000408. The Morgan fingerprint density at radius 1 is 0.534 bits per heavy atom. The summed E-state index contributed by atoms with van der Waals surface area (Å²) in [6.45, 7) is 0.